The zero-order valence-electron chi connectivity index (χ0n) is 13.8. The Morgan fingerprint density at radius 1 is 1.38 bits per heavy atom. The first-order valence-electron chi connectivity index (χ1n) is 8.10. The summed E-state index contributed by atoms with van der Waals surface area (Å²) >= 11 is 0. The Labute approximate surface area is 140 Å². The first kappa shape index (κ1) is 16.5. The number of carbonyl (C=O) groups is 1. The molecule has 3 heterocycles. The van der Waals surface area contributed by atoms with Crippen molar-refractivity contribution in [1.29, 1.82) is 0 Å². The Balaban J connectivity index is 0.00000169. The lowest BCUT2D eigenvalue weighted by atomic mass is 9.97. The molecule has 0 aliphatic carbocycles. The number of benzene rings is 1. The molecule has 0 spiro atoms. The minimum Gasteiger partial charge on any atom is -0.447 e. The lowest BCUT2D eigenvalue weighted by molar-refractivity contribution is 0.177. The average molecular weight is 329 g/mol. The number of cyclic esters (lactones) is 1. The molecule has 0 bridgehead atoms. The number of alkyl carbamates (subject to hydrolysis) is 1. The fourth-order valence-corrected chi connectivity index (χ4v) is 3.40. The quantitative estimate of drug-likeness (QED) is 0.898. The number of likely N-dealkylation sites (N-methyl/N-ethyl adjacent to an activating group) is 1. The van der Waals surface area contributed by atoms with Gasteiger partial charge in [0.25, 0.3) is 0 Å². The summed E-state index contributed by atoms with van der Waals surface area (Å²) in [6.07, 6.45) is 6.01. The monoisotopic (exact) mass is 329 g/mol. The number of nitrogens with zero attached hydrogens (tertiary/aromatic N) is 1. The minimum absolute atomic E-state index is 0. The van der Waals surface area contributed by atoms with Gasteiger partial charge >= 0.3 is 6.09 Å². The van der Waals surface area contributed by atoms with Gasteiger partial charge in [-0.05, 0) is 43.2 Å². The van der Waals surface area contributed by atoms with Crippen LogP contribution >= 0.6 is 0 Å². The van der Waals surface area contributed by atoms with Crippen molar-refractivity contribution in [3.8, 4) is 0 Å². The Bertz CT molecular complexity index is 781. The number of hydrogen-bond donors (Lipinski definition) is 2. The lowest BCUT2D eigenvalue weighted by Gasteiger charge is -2.21. The number of rotatable bonds is 3. The van der Waals surface area contributed by atoms with Crippen molar-refractivity contribution < 1.29 is 15.0 Å². The predicted molar refractivity (Wildman–Crippen MR) is 94.0 cm³/mol. The molecule has 1 amide bonds. The third-order valence-electron chi connectivity index (χ3n) is 4.72. The van der Waals surface area contributed by atoms with E-state index in [0.717, 1.165) is 31.4 Å². The van der Waals surface area contributed by atoms with Crippen molar-refractivity contribution in [2.24, 2.45) is 0 Å². The van der Waals surface area contributed by atoms with E-state index >= 15 is 0 Å². The molecule has 1 atom stereocenters. The van der Waals surface area contributed by atoms with Gasteiger partial charge in [-0.25, -0.2) is 4.79 Å². The molecule has 128 valence electrons. The van der Waals surface area contributed by atoms with E-state index in [1.165, 1.54) is 22.1 Å². The van der Waals surface area contributed by atoms with Crippen LogP contribution in [0.5, 0.6) is 0 Å². The number of ether oxygens (including phenoxy) is 1. The van der Waals surface area contributed by atoms with Gasteiger partial charge < -0.3 is 25.4 Å². The number of amides is 1. The van der Waals surface area contributed by atoms with Gasteiger partial charge in [0.2, 0.25) is 0 Å². The van der Waals surface area contributed by atoms with E-state index in [-0.39, 0.29) is 17.6 Å². The van der Waals surface area contributed by atoms with E-state index in [0.29, 0.717) is 6.61 Å². The highest BCUT2D eigenvalue weighted by Gasteiger charge is 2.22. The third-order valence-corrected chi connectivity index (χ3v) is 4.72. The zero-order chi connectivity index (χ0) is 15.8. The highest BCUT2D eigenvalue weighted by atomic mass is 16.6. The summed E-state index contributed by atoms with van der Waals surface area (Å²) in [5, 5.41) is 4.11. The van der Waals surface area contributed by atoms with Crippen LogP contribution in [0, 0.1) is 0 Å². The van der Waals surface area contributed by atoms with Crippen molar-refractivity contribution in [3.05, 3.63) is 41.6 Å². The topological polar surface area (TPSA) is 88.9 Å². The van der Waals surface area contributed by atoms with Gasteiger partial charge in [-0.2, -0.15) is 0 Å². The van der Waals surface area contributed by atoms with Crippen LogP contribution in [0.15, 0.2) is 30.5 Å². The smallest absolute Gasteiger partial charge is 0.407 e. The molecule has 1 aromatic carbocycles. The number of aromatic nitrogens is 1. The summed E-state index contributed by atoms with van der Waals surface area (Å²) in [5.41, 5.74) is 5.11. The molecule has 1 fully saturated rings. The third kappa shape index (κ3) is 3.16. The molecule has 24 heavy (non-hydrogen) atoms. The minimum atomic E-state index is -0.310. The molecule has 2 aliphatic heterocycles. The Kier molecular flexibility index (Phi) is 4.59. The largest absolute Gasteiger partial charge is 0.447 e. The molecule has 0 radical (unpaired) electrons. The van der Waals surface area contributed by atoms with Crippen LogP contribution in [0.25, 0.3) is 16.5 Å². The second-order valence-electron chi connectivity index (χ2n) is 6.47. The van der Waals surface area contributed by atoms with Crippen LogP contribution in [0.2, 0.25) is 0 Å². The van der Waals surface area contributed by atoms with Gasteiger partial charge in [0, 0.05) is 35.8 Å². The number of nitrogens with one attached hydrogen (secondary N) is 2. The molecule has 1 aromatic heterocycles. The number of fused-ring (bicyclic) bond motifs is 1. The van der Waals surface area contributed by atoms with Gasteiger partial charge in [0.05, 0.1) is 6.04 Å². The molecule has 2 aromatic rings. The van der Waals surface area contributed by atoms with Gasteiger partial charge in [0.15, 0.2) is 0 Å². The first-order valence-corrected chi connectivity index (χ1v) is 8.10. The number of carbonyl (C=O) groups excluding carboxylic acids is 1. The molecular formula is C18H23N3O3. The van der Waals surface area contributed by atoms with Gasteiger partial charge in [-0.3, -0.25) is 0 Å². The molecular weight excluding hydrogens is 306 g/mol. The van der Waals surface area contributed by atoms with Crippen LogP contribution in [0.3, 0.4) is 0 Å². The fraction of sp³-hybridized carbons (Fsp3) is 0.389. The average Bonchev–Trinajstić information content (AvgIpc) is 3.14. The van der Waals surface area contributed by atoms with Crippen molar-refractivity contribution in [2.75, 3.05) is 26.7 Å². The highest BCUT2D eigenvalue weighted by Crippen LogP contribution is 2.30. The molecule has 1 saturated heterocycles. The molecule has 4 rings (SSSR count). The normalized spacial score (nSPS) is 21.1. The molecule has 6 heteroatoms. The highest BCUT2D eigenvalue weighted by molar-refractivity contribution is 5.93. The summed E-state index contributed by atoms with van der Waals surface area (Å²) < 4.78 is 4.97. The van der Waals surface area contributed by atoms with Gasteiger partial charge in [-0.1, -0.05) is 12.1 Å². The van der Waals surface area contributed by atoms with Crippen molar-refractivity contribution in [1.82, 2.24) is 15.2 Å². The van der Waals surface area contributed by atoms with Gasteiger partial charge in [-0.15, -0.1) is 0 Å². The van der Waals surface area contributed by atoms with Crippen LogP contribution in [0.4, 0.5) is 4.79 Å². The Morgan fingerprint density at radius 2 is 2.25 bits per heavy atom. The van der Waals surface area contributed by atoms with E-state index in [1.807, 2.05) is 0 Å². The van der Waals surface area contributed by atoms with Crippen molar-refractivity contribution in [2.45, 2.75) is 18.9 Å². The van der Waals surface area contributed by atoms with Crippen LogP contribution in [0.1, 0.15) is 17.5 Å². The predicted octanol–water partition coefficient (Wildman–Crippen LogP) is 1.71. The maximum Gasteiger partial charge on any atom is 0.407 e. The van der Waals surface area contributed by atoms with E-state index in [2.05, 4.69) is 52.7 Å². The van der Waals surface area contributed by atoms with E-state index in [9.17, 15) is 4.79 Å². The SMILES string of the molecule is CN1CC=C(c2c[nH]c3ccc(CC4COC(=O)N4)cc23)CC1.O. The lowest BCUT2D eigenvalue weighted by Crippen LogP contribution is -2.28. The summed E-state index contributed by atoms with van der Waals surface area (Å²) in [6.45, 7) is 2.56. The van der Waals surface area contributed by atoms with Crippen LogP contribution in [-0.4, -0.2) is 54.2 Å². The van der Waals surface area contributed by atoms with Crippen molar-refractivity contribution in [3.63, 3.8) is 0 Å². The summed E-state index contributed by atoms with van der Waals surface area (Å²) in [6, 6.07) is 6.56. The summed E-state index contributed by atoms with van der Waals surface area (Å²) in [4.78, 5) is 16.9. The zero-order valence-corrected chi connectivity index (χ0v) is 13.8. The molecule has 1 unspecified atom stereocenters. The Morgan fingerprint density at radius 3 is 2.96 bits per heavy atom. The second kappa shape index (κ2) is 6.67. The van der Waals surface area contributed by atoms with E-state index in [1.54, 1.807) is 0 Å². The molecule has 4 N–H and O–H groups in total. The number of aromatic amines is 1. The van der Waals surface area contributed by atoms with Gasteiger partial charge in [0.1, 0.15) is 6.61 Å². The van der Waals surface area contributed by atoms with Crippen LogP contribution in [-0.2, 0) is 11.2 Å². The van der Waals surface area contributed by atoms with Crippen molar-refractivity contribution >= 4 is 22.6 Å². The molecule has 0 saturated carbocycles. The first-order chi connectivity index (χ1) is 11.2. The van der Waals surface area contributed by atoms with Crippen LogP contribution < -0.4 is 5.32 Å². The van der Waals surface area contributed by atoms with E-state index in [4.69, 9.17) is 4.74 Å². The van der Waals surface area contributed by atoms with E-state index < -0.39 is 0 Å². The second-order valence-corrected chi connectivity index (χ2v) is 6.47. The summed E-state index contributed by atoms with van der Waals surface area (Å²) in [7, 11) is 2.15. The molecule has 2 aliphatic rings. The number of hydrogen-bond acceptors (Lipinski definition) is 3. The summed E-state index contributed by atoms with van der Waals surface area (Å²) in [5.74, 6) is 0. The standard InChI is InChI=1S/C18H21N3O2.H2O/c1-21-6-4-13(5-7-21)16-10-19-17-3-2-12(9-15(16)17)8-14-11-23-18(22)20-14;/h2-4,9-10,14,19H,5-8,11H2,1H3,(H,20,22);1H2. The Hall–Kier alpha value is -2.31. The maximum atomic E-state index is 11.2. The fourth-order valence-electron chi connectivity index (χ4n) is 3.40. The number of H-pyrrole nitrogens is 1. The maximum absolute atomic E-state index is 11.2. The molecule has 6 nitrogen and oxygen atoms in total.